The zero-order valence-corrected chi connectivity index (χ0v) is 47.5. The molecule has 0 amide bonds. The van der Waals surface area contributed by atoms with Gasteiger partial charge in [0.15, 0.2) is 6.10 Å². The van der Waals surface area contributed by atoms with Crippen LogP contribution in [0.1, 0.15) is 219 Å². The van der Waals surface area contributed by atoms with E-state index in [4.69, 9.17) is 18.5 Å². The Bertz CT molecular complexity index is 1580. The molecular formula is C62H107NO8P+. The van der Waals surface area contributed by atoms with Gasteiger partial charge in [0.25, 0.3) is 0 Å². The second kappa shape index (κ2) is 52.5. The maximum Gasteiger partial charge on any atom is 0.472 e. The van der Waals surface area contributed by atoms with Gasteiger partial charge >= 0.3 is 19.8 Å². The van der Waals surface area contributed by atoms with Gasteiger partial charge in [-0.15, -0.1) is 0 Å². The van der Waals surface area contributed by atoms with Crippen molar-refractivity contribution >= 4 is 19.8 Å². The molecule has 0 bridgehead atoms. The largest absolute Gasteiger partial charge is 0.472 e. The van der Waals surface area contributed by atoms with E-state index in [1.807, 2.05) is 21.1 Å². The zero-order chi connectivity index (χ0) is 52.7. The number of carbonyl (C=O) groups excluding carboxylic acids is 2. The Morgan fingerprint density at radius 2 is 0.750 bits per heavy atom. The number of hydrogen-bond donors (Lipinski definition) is 1. The summed E-state index contributed by atoms with van der Waals surface area (Å²) in [6, 6.07) is 0. The van der Waals surface area contributed by atoms with E-state index in [-0.39, 0.29) is 32.0 Å². The third kappa shape index (κ3) is 56.0. The van der Waals surface area contributed by atoms with Crippen LogP contribution in [0.15, 0.2) is 109 Å². The fourth-order valence-electron chi connectivity index (χ4n) is 7.44. The number of ether oxygens (including phenoxy) is 2. The van der Waals surface area contributed by atoms with Gasteiger partial charge in [-0.1, -0.05) is 220 Å². The third-order valence-corrected chi connectivity index (χ3v) is 12.8. The number of unbranched alkanes of at least 4 members (excludes halogenated alkanes) is 19. The smallest absolute Gasteiger partial charge is 0.462 e. The Morgan fingerprint density at radius 3 is 1.11 bits per heavy atom. The fraction of sp³-hybridized carbons (Fsp3) is 0.677. The number of esters is 2. The molecule has 0 aromatic rings. The van der Waals surface area contributed by atoms with Crippen LogP contribution in [-0.2, 0) is 32.7 Å². The van der Waals surface area contributed by atoms with Gasteiger partial charge in [-0.25, -0.2) is 4.57 Å². The van der Waals surface area contributed by atoms with Gasteiger partial charge in [0.1, 0.15) is 19.8 Å². The van der Waals surface area contributed by atoms with E-state index in [0.717, 1.165) is 109 Å². The lowest BCUT2D eigenvalue weighted by atomic mass is 10.0. The second-order valence-electron chi connectivity index (χ2n) is 19.9. The van der Waals surface area contributed by atoms with E-state index >= 15 is 0 Å². The van der Waals surface area contributed by atoms with Crippen LogP contribution >= 0.6 is 7.82 Å². The lowest BCUT2D eigenvalue weighted by Gasteiger charge is -2.24. The first-order valence-electron chi connectivity index (χ1n) is 28.6. The Labute approximate surface area is 442 Å². The van der Waals surface area contributed by atoms with Crippen LogP contribution in [0.2, 0.25) is 0 Å². The monoisotopic (exact) mass is 1020 g/mol. The summed E-state index contributed by atoms with van der Waals surface area (Å²) >= 11 is 0. The van der Waals surface area contributed by atoms with Crippen LogP contribution in [-0.4, -0.2) is 74.9 Å². The molecular weight excluding hydrogens is 918 g/mol. The van der Waals surface area contributed by atoms with Crippen molar-refractivity contribution in [1.29, 1.82) is 0 Å². The summed E-state index contributed by atoms with van der Waals surface area (Å²) in [6.45, 7) is 4.19. The molecule has 0 rings (SSSR count). The molecule has 0 spiro atoms. The molecule has 0 saturated carbocycles. The van der Waals surface area contributed by atoms with Gasteiger partial charge < -0.3 is 18.9 Å². The van der Waals surface area contributed by atoms with E-state index < -0.39 is 26.5 Å². The number of carbonyl (C=O) groups is 2. The molecule has 9 nitrogen and oxygen atoms in total. The SMILES string of the molecule is CC/C=C\C/C=C\C/C=C\C/C=C\C/C=C\C/C=C\CCCCCCCCCCCCCCC(=O)OC(COC(=O)CCCCCCCCC/C=C\C/C=C\C/C=C\CC)COP(=O)(O)OCC[N+](C)(C)C. The summed E-state index contributed by atoms with van der Waals surface area (Å²) in [5.41, 5.74) is 0. The lowest BCUT2D eigenvalue weighted by Crippen LogP contribution is -2.37. The maximum absolute atomic E-state index is 12.8. The first-order valence-corrected chi connectivity index (χ1v) is 30.1. The molecule has 2 atom stereocenters. The summed E-state index contributed by atoms with van der Waals surface area (Å²) in [6.07, 6.45) is 73.0. The van der Waals surface area contributed by atoms with E-state index in [9.17, 15) is 19.0 Å². The molecule has 412 valence electrons. The number of allylic oxidation sites excluding steroid dienone is 18. The van der Waals surface area contributed by atoms with Crippen molar-refractivity contribution in [3.8, 4) is 0 Å². The van der Waals surface area contributed by atoms with E-state index in [1.54, 1.807) is 0 Å². The van der Waals surface area contributed by atoms with Gasteiger partial charge in [0.05, 0.1) is 27.7 Å². The van der Waals surface area contributed by atoms with Crippen molar-refractivity contribution in [3.63, 3.8) is 0 Å². The topological polar surface area (TPSA) is 108 Å². The standard InChI is InChI=1S/C62H106NO8P/c1-6-8-10-12-14-16-18-20-22-24-25-26-27-28-29-30-31-32-33-34-35-36-37-39-41-43-45-47-49-51-53-55-62(65)71-60(59-70-72(66,67)69-57-56-63(3,4)5)58-68-61(64)54-52-50-48-46-44-42-40-38-23-21-19-17-15-13-11-9-7-2/h8-11,14-17,20-23,25-26,28-29,31-32,60H,6-7,12-13,18-19,24,27,30,33-59H2,1-5H3/p+1/b10-8-,11-9-,16-14-,17-15-,22-20-,23-21-,26-25-,29-28-,32-31-. The average Bonchev–Trinajstić information content (AvgIpc) is 3.34. The van der Waals surface area contributed by atoms with Crippen LogP contribution in [0.5, 0.6) is 0 Å². The summed E-state index contributed by atoms with van der Waals surface area (Å²) < 4.78 is 34.5. The fourth-order valence-corrected chi connectivity index (χ4v) is 8.19. The molecule has 1 N–H and O–H groups in total. The van der Waals surface area contributed by atoms with Gasteiger partial charge in [-0.05, 0) is 96.3 Å². The molecule has 72 heavy (non-hydrogen) atoms. The minimum atomic E-state index is -4.39. The highest BCUT2D eigenvalue weighted by molar-refractivity contribution is 7.47. The Balaban J connectivity index is 4.16. The van der Waals surface area contributed by atoms with Crippen LogP contribution in [0, 0.1) is 0 Å². The van der Waals surface area contributed by atoms with Gasteiger partial charge in [-0.2, -0.15) is 0 Å². The van der Waals surface area contributed by atoms with Gasteiger partial charge in [-0.3, -0.25) is 18.6 Å². The van der Waals surface area contributed by atoms with Crippen molar-refractivity contribution < 1.29 is 42.1 Å². The van der Waals surface area contributed by atoms with Crippen molar-refractivity contribution in [2.45, 2.75) is 225 Å². The predicted octanol–water partition coefficient (Wildman–Crippen LogP) is 17.8. The average molecular weight is 1030 g/mol. The van der Waals surface area contributed by atoms with Gasteiger partial charge in [0, 0.05) is 12.8 Å². The number of phosphoric acid groups is 1. The van der Waals surface area contributed by atoms with E-state index in [2.05, 4.69) is 123 Å². The molecule has 10 heteroatoms. The molecule has 0 saturated heterocycles. The molecule has 0 aliphatic heterocycles. The Morgan fingerprint density at radius 1 is 0.431 bits per heavy atom. The first kappa shape index (κ1) is 68.7. The first-order chi connectivity index (χ1) is 35.0. The predicted molar refractivity (Wildman–Crippen MR) is 307 cm³/mol. The molecule has 0 heterocycles. The van der Waals surface area contributed by atoms with Crippen LogP contribution in [0.4, 0.5) is 0 Å². The summed E-state index contributed by atoms with van der Waals surface area (Å²) in [5, 5.41) is 0. The lowest BCUT2D eigenvalue weighted by molar-refractivity contribution is -0.870. The molecule has 2 unspecified atom stereocenters. The highest BCUT2D eigenvalue weighted by Crippen LogP contribution is 2.43. The maximum atomic E-state index is 12.8. The molecule has 0 aromatic heterocycles. The highest BCUT2D eigenvalue weighted by Gasteiger charge is 2.27. The van der Waals surface area contributed by atoms with Crippen LogP contribution in [0.3, 0.4) is 0 Å². The van der Waals surface area contributed by atoms with Gasteiger partial charge in [0.2, 0.25) is 0 Å². The zero-order valence-electron chi connectivity index (χ0n) is 46.6. The minimum Gasteiger partial charge on any atom is -0.462 e. The van der Waals surface area contributed by atoms with E-state index in [1.165, 1.54) is 77.0 Å². The van der Waals surface area contributed by atoms with E-state index in [0.29, 0.717) is 17.4 Å². The molecule has 0 radical (unpaired) electrons. The number of rotatable bonds is 51. The molecule has 0 aliphatic carbocycles. The van der Waals surface area contributed by atoms with Crippen molar-refractivity contribution in [2.75, 3.05) is 47.5 Å². The summed E-state index contributed by atoms with van der Waals surface area (Å²) in [7, 11) is 1.46. The molecule has 0 aliphatic rings. The molecule has 0 fully saturated rings. The van der Waals surface area contributed by atoms with Crippen LogP contribution < -0.4 is 0 Å². The number of likely N-dealkylation sites (N-methyl/N-ethyl adjacent to an activating group) is 1. The van der Waals surface area contributed by atoms with Crippen molar-refractivity contribution in [2.24, 2.45) is 0 Å². The number of nitrogens with zero attached hydrogens (tertiary/aromatic N) is 1. The second-order valence-corrected chi connectivity index (χ2v) is 21.4. The Hall–Kier alpha value is -3.33. The summed E-state index contributed by atoms with van der Waals surface area (Å²) in [4.78, 5) is 35.7. The quantitative estimate of drug-likeness (QED) is 0.0211. The number of quaternary nitrogens is 1. The Kier molecular flexibility index (Phi) is 50.1. The van der Waals surface area contributed by atoms with Crippen molar-refractivity contribution in [3.05, 3.63) is 109 Å². The third-order valence-electron chi connectivity index (χ3n) is 11.8. The normalized spacial score (nSPS) is 14.1. The summed E-state index contributed by atoms with van der Waals surface area (Å²) in [5.74, 6) is -0.816. The minimum absolute atomic E-state index is 0.0245. The number of phosphoric ester groups is 1. The van der Waals surface area contributed by atoms with Crippen LogP contribution in [0.25, 0.3) is 0 Å². The van der Waals surface area contributed by atoms with Crippen molar-refractivity contribution in [1.82, 2.24) is 0 Å². The number of hydrogen-bond acceptors (Lipinski definition) is 7. The molecule has 0 aromatic carbocycles. The highest BCUT2D eigenvalue weighted by atomic mass is 31.2.